The summed E-state index contributed by atoms with van der Waals surface area (Å²) in [5.41, 5.74) is 0. The van der Waals surface area contributed by atoms with Crippen LogP contribution in [0.2, 0.25) is 0 Å². The van der Waals surface area contributed by atoms with Gasteiger partial charge in [0.05, 0.1) is 34.4 Å². The molecule has 0 aliphatic carbocycles. The Kier molecular flexibility index (Phi) is 39.3. The lowest BCUT2D eigenvalue weighted by Crippen LogP contribution is -2.40. The number of rotatable bonds is 40. The van der Waals surface area contributed by atoms with E-state index in [9.17, 15) is 19.5 Å². The molecule has 0 spiro atoms. The zero-order valence-electron chi connectivity index (χ0n) is 38.3. The molecule has 0 saturated heterocycles. The summed E-state index contributed by atoms with van der Waals surface area (Å²) in [7, 11) is 5.92. The molecule has 0 aromatic rings. The molecule has 0 aliphatic heterocycles. The van der Waals surface area contributed by atoms with Gasteiger partial charge in [-0.3, -0.25) is 9.59 Å². The molecule has 2 atom stereocenters. The lowest BCUT2D eigenvalue weighted by atomic mass is 10.1. The van der Waals surface area contributed by atoms with Crippen LogP contribution in [0.3, 0.4) is 0 Å². The van der Waals surface area contributed by atoms with Crippen molar-refractivity contribution in [1.82, 2.24) is 0 Å². The average Bonchev–Trinajstić information content (AvgIpc) is 3.21. The van der Waals surface area contributed by atoms with E-state index in [0.29, 0.717) is 17.4 Å². The van der Waals surface area contributed by atoms with Gasteiger partial charge < -0.3 is 28.5 Å². The van der Waals surface area contributed by atoms with Crippen molar-refractivity contribution >= 4 is 17.9 Å². The van der Waals surface area contributed by atoms with Gasteiger partial charge in [-0.1, -0.05) is 156 Å². The fraction of sp³-hybridized carbons (Fsp3) is 0.627. The van der Waals surface area contributed by atoms with Crippen molar-refractivity contribution in [3.63, 3.8) is 0 Å². The Morgan fingerprint density at radius 2 is 0.950 bits per heavy atom. The van der Waals surface area contributed by atoms with E-state index < -0.39 is 24.3 Å². The van der Waals surface area contributed by atoms with E-state index in [2.05, 4.69) is 111 Å². The Balaban J connectivity index is 4.42. The van der Waals surface area contributed by atoms with Crippen molar-refractivity contribution in [3.8, 4) is 0 Å². The van der Waals surface area contributed by atoms with Crippen molar-refractivity contribution in [2.45, 2.75) is 161 Å². The van der Waals surface area contributed by atoms with Crippen LogP contribution in [0.1, 0.15) is 149 Å². The number of likely N-dealkylation sites (N-methyl/N-ethyl adjacent to an activating group) is 1. The van der Waals surface area contributed by atoms with E-state index in [0.717, 1.165) is 83.5 Å². The smallest absolute Gasteiger partial charge is 0.361 e. The van der Waals surface area contributed by atoms with Crippen molar-refractivity contribution in [3.05, 3.63) is 97.2 Å². The van der Waals surface area contributed by atoms with E-state index in [1.165, 1.54) is 32.1 Å². The van der Waals surface area contributed by atoms with Crippen LogP contribution in [-0.2, 0) is 33.3 Å². The van der Waals surface area contributed by atoms with Crippen molar-refractivity contribution in [2.75, 3.05) is 47.5 Å². The molecular formula is C51H84NO8+. The molecule has 9 nitrogen and oxygen atoms in total. The Labute approximate surface area is 365 Å². The van der Waals surface area contributed by atoms with E-state index in [1.807, 2.05) is 21.1 Å². The lowest BCUT2D eigenvalue weighted by molar-refractivity contribution is -0.870. The molecule has 1 N–H and O–H groups in total. The van der Waals surface area contributed by atoms with Gasteiger partial charge in [-0.2, -0.15) is 0 Å². The number of allylic oxidation sites excluding steroid dienone is 16. The van der Waals surface area contributed by atoms with Gasteiger partial charge in [-0.05, 0) is 77.0 Å². The van der Waals surface area contributed by atoms with Crippen LogP contribution in [0.25, 0.3) is 0 Å². The van der Waals surface area contributed by atoms with Gasteiger partial charge in [-0.15, -0.1) is 0 Å². The van der Waals surface area contributed by atoms with Crippen LogP contribution < -0.4 is 0 Å². The minimum absolute atomic E-state index is 0.174. The number of hydrogen-bond donors (Lipinski definition) is 1. The topological polar surface area (TPSA) is 108 Å². The first-order valence-electron chi connectivity index (χ1n) is 22.9. The van der Waals surface area contributed by atoms with E-state index in [-0.39, 0.29) is 38.6 Å². The molecule has 340 valence electrons. The third kappa shape index (κ3) is 42.3. The molecule has 0 rings (SSSR count). The number of hydrogen-bond acceptors (Lipinski definition) is 7. The zero-order chi connectivity index (χ0) is 44.2. The number of ether oxygens (including phenoxy) is 4. The molecule has 0 aromatic carbocycles. The lowest BCUT2D eigenvalue weighted by Gasteiger charge is -2.25. The number of quaternary nitrogens is 1. The molecule has 0 aromatic heterocycles. The van der Waals surface area contributed by atoms with Gasteiger partial charge in [0.25, 0.3) is 6.29 Å². The second-order valence-corrected chi connectivity index (χ2v) is 16.0. The summed E-state index contributed by atoms with van der Waals surface area (Å²) in [5.74, 6) is -2.09. The number of unbranched alkanes of at least 4 members (excludes halogenated alkanes) is 9. The summed E-state index contributed by atoms with van der Waals surface area (Å²) in [6.45, 7) is 4.63. The quantitative estimate of drug-likeness (QED) is 0.0214. The molecule has 0 amide bonds. The second kappa shape index (κ2) is 41.9. The maximum Gasteiger partial charge on any atom is 0.361 e. The van der Waals surface area contributed by atoms with Crippen molar-refractivity contribution in [2.24, 2.45) is 0 Å². The predicted octanol–water partition coefficient (Wildman–Crippen LogP) is 12.3. The van der Waals surface area contributed by atoms with Crippen LogP contribution in [0.4, 0.5) is 0 Å². The highest BCUT2D eigenvalue weighted by molar-refractivity contribution is 5.71. The third-order valence-corrected chi connectivity index (χ3v) is 9.11. The monoisotopic (exact) mass is 839 g/mol. The number of esters is 2. The molecular weight excluding hydrogens is 755 g/mol. The molecule has 0 aliphatic rings. The SMILES string of the molecule is CC/C=C\C/C=C\C/C=C\C/C=C\C/C=C\C/C=C\C/C=C\C/C=C\CCCCC(=O)OC(COC(=O)CCCCCCCCCC)COC(OCC[N+](C)(C)C)C(=O)O. The highest BCUT2D eigenvalue weighted by atomic mass is 16.7. The van der Waals surface area contributed by atoms with Gasteiger partial charge in [-0.25, -0.2) is 4.79 Å². The second-order valence-electron chi connectivity index (χ2n) is 16.0. The first-order valence-corrected chi connectivity index (χ1v) is 22.9. The first kappa shape index (κ1) is 56.2. The minimum Gasteiger partial charge on any atom is -0.477 e. The van der Waals surface area contributed by atoms with Crippen LogP contribution in [0, 0.1) is 0 Å². The number of carbonyl (C=O) groups excluding carboxylic acids is 2. The normalized spacial score (nSPS) is 13.8. The zero-order valence-corrected chi connectivity index (χ0v) is 38.3. The van der Waals surface area contributed by atoms with Crippen LogP contribution in [0.15, 0.2) is 97.2 Å². The maximum absolute atomic E-state index is 12.7. The molecule has 0 fully saturated rings. The Hall–Kier alpha value is -3.79. The summed E-state index contributed by atoms with van der Waals surface area (Å²) < 4.78 is 22.6. The van der Waals surface area contributed by atoms with Gasteiger partial charge in [0.2, 0.25) is 0 Å². The van der Waals surface area contributed by atoms with Crippen molar-refractivity contribution < 1.29 is 42.9 Å². The number of carboxylic acids is 1. The predicted molar refractivity (Wildman–Crippen MR) is 248 cm³/mol. The van der Waals surface area contributed by atoms with Crippen LogP contribution in [-0.4, -0.2) is 87.4 Å². The Morgan fingerprint density at radius 3 is 1.42 bits per heavy atom. The molecule has 2 unspecified atom stereocenters. The molecule has 0 heterocycles. The summed E-state index contributed by atoms with van der Waals surface area (Å²) in [6.07, 6.45) is 52.1. The Morgan fingerprint density at radius 1 is 0.517 bits per heavy atom. The first-order chi connectivity index (χ1) is 29.1. The molecule has 0 bridgehead atoms. The summed E-state index contributed by atoms with van der Waals surface area (Å²) in [5, 5.41) is 9.61. The largest absolute Gasteiger partial charge is 0.477 e. The molecule has 0 saturated carbocycles. The fourth-order valence-electron chi connectivity index (χ4n) is 5.55. The number of carbonyl (C=O) groups is 3. The minimum atomic E-state index is -1.52. The highest BCUT2D eigenvalue weighted by Crippen LogP contribution is 2.12. The summed E-state index contributed by atoms with van der Waals surface area (Å²) in [4.78, 5) is 36.9. The molecule has 0 radical (unpaired) electrons. The van der Waals surface area contributed by atoms with Crippen molar-refractivity contribution in [1.29, 1.82) is 0 Å². The van der Waals surface area contributed by atoms with E-state index in [1.54, 1.807) is 0 Å². The van der Waals surface area contributed by atoms with Gasteiger partial charge >= 0.3 is 17.9 Å². The van der Waals surface area contributed by atoms with E-state index >= 15 is 0 Å². The number of carboxylic acid groups (broad SMARTS) is 1. The Bertz CT molecular complexity index is 1300. The van der Waals surface area contributed by atoms with Gasteiger partial charge in [0.1, 0.15) is 13.2 Å². The fourth-order valence-corrected chi connectivity index (χ4v) is 5.55. The third-order valence-electron chi connectivity index (χ3n) is 9.11. The van der Waals surface area contributed by atoms with Gasteiger partial charge in [0.15, 0.2) is 6.10 Å². The summed E-state index contributed by atoms with van der Waals surface area (Å²) >= 11 is 0. The summed E-state index contributed by atoms with van der Waals surface area (Å²) in [6, 6.07) is 0. The molecule has 60 heavy (non-hydrogen) atoms. The average molecular weight is 839 g/mol. The number of aliphatic carboxylic acids is 1. The molecule has 9 heteroatoms. The highest BCUT2D eigenvalue weighted by Gasteiger charge is 2.25. The number of nitrogens with zero attached hydrogens (tertiary/aromatic N) is 1. The van der Waals surface area contributed by atoms with Gasteiger partial charge in [0, 0.05) is 12.8 Å². The maximum atomic E-state index is 12.7. The van der Waals surface area contributed by atoms with E-state index in [4.69, 9.17) is 18.9 Å². The standard InChI is InChI=1S/C51H83NO8/c1-6-8-10-12-14-16-17-18-19-20-21-22-23-24-25-26-27-28-29-30-31-32-33-34-36-38-40-42-49(54)60-47(46-59-51(50(55)56)57-44-43-52(3,4)5)45-58-48(53)41-39-37-35-15-13-11-9-7-2/h8,10,14,16,18-19,21-22,24-25,27-28,30-31,33-34,47,51H,6-7,9,11-13,15,17,20,23,26,29,32,35-46H2,1-5H3/p+1/b10-8-,16-14-,19-18-,22-21-,25-24-,28-27-,31-30-,34-33-. The van der Waals surface area contributed by atoms with Crippen LogP contribution >= 0.6 is 0 Å². The van der Waals surface area contributed by atoms with Crippen LogP contribution in [0.5, 0.6) is 0 Å².